The maximum Gasteiger partial charge on any atom is 0.325 e. The summed E-state index contributed by atoms with van der Waals surface area (Å²) < 4.78 is 5.98. The van der Waals surface area contributed by atoms with Crippen molar-refractivity contribution in [1.82, 2.24) is 15.2 Å². The average Bonchev–Trinajstić information content (AvgIpc) is 3.07. The topological polar surface area (TPSA) is 101 Å². The quantitative estimate of drug-likeness (QED) is 0.521. The molecule has 1 spiro atoms. The predicted molar refractivity (Wildman–Crippen MR) is 132 cm³/mol. The lowest BCUT2D eigenvalue weighted by molar-refractivity contribution is -0.129. The van der Waals surface area contributed by atoms with Gasteiger partial charge in [-0.15, -0.1) is 0 Å². The van der Waals surface area contributed by atoms with Gasteiger partial charge < -0.3 is 15.0 Å². The number of nitrogens with one attached hydrogen (secondary N) is 2. The first kappa shape index (κ1) is 22.8. The van der Waals surface area contributed by atoms with Crippen LogP contribution in [-0.2, 0) is 16.2 Å². The number of carbonyl (C=O) groups excluding carboxylic acids is 3. The van der Waals surface area contributed by atoms with Crippen LogP contribution in [0.15, 0.2) is 54.6 Å². The molecule has 8 heteroatoms. The van der Waals surface area contributed by atoms with Crippen LogP contribution in [0.2, 0.25) is 0 Å². The van der Waals surface area contributed by atoms with E-state index < -0.39 is 11.6 Å². The molecule has 0 atom stereocenters. The molecule has 0 radical (unpaired) electrons. The molecular formula is C27H28N4O4. The molecule has 3 aromatic rings. The smallest absolute Gasteiger partial charge is 0.325 e. The molecule has 1 aliphatic carbocycles. The number of benzene rings is 2. The highest BCUT2D eigenvalue weighted by atomic mass is 16.5. The van der Waals surface area contributed by atoms with Gasteiger partial charge in [0, 0.05) is 22.3 Å². The van der Waals surface area contributed by atoms with Gasteiger partial charge in [0.2, 0.25) is 5.91 Å². The minimum absolute atomic E-state index is 0.162. The predicted octanol–water partition coefficient (Wildman–Crippen LogP) is 4.32. The number of amides is 4. The van der Waals surface area contributed by atoms with E-state index in [-0.39, 0.29) is 18.4 Å². The van der Waals surface area contributed by atoms with Crippen LogP contribution >= 0.6 is 0 Å². The fourth-order valence-electron chi connectivity index (χ4n) is 5.11. The minimum Gasteiger partial charge on any atom is -0.489 e. The molecule has 8 nitrogen and oxygen atoms in total. The van der Waals surface area contributed by atoms with Crippen molar-refractivity contribution in [3.05, 3.63) is 65.9 Å². The Labute approximate surface area is 203 Å². The number of rotatable bonds is 6. The van der Waals surface area contributed by atoms with E-state index in [1.807, 2.05) is 37.3 Å². The van der Waals surface area contributed by atoms with Gasteiger partial charge in [0.1, 0.15) is 24.4 Å². The van der Waals surface area contributed by atoms with Crippen molar-refractivity contribution >= 4 is 34.4 Å². The van der Waals surface area contributed by atoms with Crippen molar-refractivity contribution in [3.8, 4) is 5.75 Å². The summed E-state index contributed by atoms with van der Waals surface area (Å²) in [6, 6.07) is 16.6. The zero-order valence-corrected chi connectivity index (χ0v) is 19.7. The van der Waals surface area contributed by atoms with Gasteiger partial charge in [0.25, 0.3) is 5.91 Å². The molecule has 2 aliphatic rings. The van der Waals surface area contributed by atoms with E-state index in [1.165, 1.54) is 4.90 Å². The van der Waals surface area contributed by atoms with Gasteiger partial charge in [-0.05, 0) is 56.2 Å². The lowest BCUT2D eigenvalue weighted by atomic mass is 9.80. The Morgan fingerprint density at radius 1 is 1.09 bits per heavy atom. The minimum atomic E-state index is -0.889. The van der Waals surface area contributed by atoms with Gasteiger partial charge in [-0.2, -0.15) is 0 Å². The number of hydrogen-bond donors (Lipinski definition) is 2. The van der Waals surface area contributed by atoms with Crippen LogP contribution < -0.4 is 15.4 Å². The molecule has 2 fully saturated rings. The summed E-state index contributed by atoms with van der Waals surface area (Å²) in [5.41, 5.74) is 2.63. The lowest BCUT2D eigenvalue weighted by Crippen LogP contribution is -2.53. The number of fused-ring (bicyclic) bond motifs is 1. The van der Waals surface area contributed by atoms with E-state index >= 15 is 0 Å². The highest BCUT2D eigenvalue weighted by Crippen LogP contribution is 2.37. The Hall–Kier alpha value is -3.94. The van der Waals surface area contributed by atoms with E-state index in [9.17, 15) is 14.4 Å². The number of aryl methyl sites for hydroxylation is 1. The van der Waals surface area contributed by atoms with Gasteiger partial charge in [0.15, 0.2) is 0 Å². The molecule has 1 saturated heterocycles. The SMILES string of the molecule is Cc1cc(COc2ccc(NC(=O)CN3C(=O)NC(=O)C34CCCCC4)cc2)c2ccccc2n1. The summed E-state index contributed by atoms with van der Waals surface area (Å²) in [6.07, 6.45) is 3.96. The van der Waals surface area contributed by atoms with Crippen LogP contribution in [0.25, 0.3) is 10.9 Å². The Bertz CT molecular complexity index is 1280. The number of ether oxygens (including phenoxy) is 1. The van der Waals surface area contributed by atoms with Gasteiger partial charge in [0.05, 0.1) is 5.52 Å². The summed E-state index contributed by atoms with van der Waals surface area (Å²) >= 11 is 0. The zero-order chi connectivity index (χ0) is 24.4. The lowest BCUT2D eigenvalue weighted by Gasteiger charge is -2.37. The standard InChI is InChI=1S/C27H28N4O4/c1-18-15-19(22-7-3-4-8-23(22)28-18)17-35-21-11-9-20(10-12-21)29-24(32)16-31-26(34)30-25(33)27(31)13-5-2-6-14-27/h3-4,7-12,15H,2,5-6,13-14,16-17H2,1H3,(H,29,32)(H,30,33,34). The van der Waals surface area contributed by atoms with Crippen LogP contribution in [0, 0.1) is 6.92 Å². The van der Waals surface area contributed by atoms with Gasteiger partial charge >= 0.3 is 6.03 Å². The van der Waals surface area contributed by atoms with Crippen LogP contribution in [0.3, 0.4) is 0 Å². The summed E-state index contributed by atoms with van der Waals surface area (Å²) in [5.74, 6) is 0.0492. The molecule has 5 rings (SSSR count). The number of pyridine rings is 1. The maximum absolute atomic E-state index is 12.7. The Morgan fingerprint density at radius 2 is 1.83 bits per heavy atom. The van der Waals surface area contributed by atoms with E-state index in [0.717, 1.165) is 41.4 Å². The molecule has 35 heavy (non-hydrogen) atoms. The number of anilines is 1. The molecule has 1 aliphatic heterocycles. The fourth-order valence-corrected chi connectivity index (χ4v) is 5.11. The summed E-state index contributed by atoms with van der Waals surface area (Å²) in [6.45, 7) is 2.20. The molecule has 0 unspecified atom stereocenters. The second-order valence-corrected chi connectivity index (χ2v) is 9.24. The molecule has 2 heterocycles. The number of imide groups is 1. The molecule has 180 valence electrons. The molecular weight excluding hydrogens is 444 g/mol. The number of hydrogen-bond acceptors (Lipinski definition) is 5. The second kappa shape index (κ2) is 9.37. The maximum atomic E-state index is 12.7. The third kappa shape index (κ3) is 4.56. The molecule has 2 aromatic carbocycles. The number of nitrogens with zero attached hydrogens (tertiary/aromatic N) is 2. The van der Waals surface area contributed by atoms with E-state index in [4.69, 9.17) is 4.74 Å². The normalized spacial score (nSPS) is 17.0. The van der Waals surface area contributed by atoms with Crippen molar-refractivity contribution in [2.45, 2.75) is 51.2 Å². The van der Waals surface area contributed by atoms with Crippen molar-refractivity contribution in [2.24, 2.45) is 0 Å². The highest BCUT2D eigenvalue weighted by Gasteiger charge is 2.53. The first-order valence-electron chi connectivity index (χ1n) is 12.0. The number of urea groups is 1. The van der Waals surface area contributed by atoms with Crippen molar-refractivity contribution in [3.63, 3.8) is 0 Å². The van der Waals surface area contributed by atoms with E-state index in [0.29, 0.717) is 30.9 Å². The van der Waals surface area contributed by atoms with Crippen LogP contribution in [0.5, 0.6) is 5.75 Å². The molecule has 2 N–H and O–H groups in total. The third-order valence-corrected chi connectivity index (χ3v) is 6.85. The Kier molecular flexibility index (Phi) is 6.11. The summed E-state index contributed by atoms with van der Waals surface area (Å²) in [4.78, 5) is 43.5. The Balaban J connectivity index is 1.21. The van der Waals surface area contributed by atoms with E-state index in [1.54, 1.807) is 24.3 Å². The first-order valence-corrected chi connectivity index (χ1v) is 12.0. The fraction of sp³-hybridized carbons (Fsp3) is 0.333. The molecule has 1 aromatic heterocycles. The number of carbonyl (C=O) groups is 3. The average molecular weight is 473 g/mol. The van der Waals surface area contributed by atoms with Gasteiger partial charge in [-0.3, -0.25) is 19.9 Å². The van der Waals surface area contributed by atoms with Gasteiger partial charge in [-0.25, -0.2) is 4.79 Å². The molecule has 4 amide bonds. The molecule has 1 saturated carbocycles. The van der Waals surface area contributed by atoms with Crippen LogP contribution in [-0.4, -0.2) is 39.8 Å². The van der Waals surface area contributed by atoms with Crippen LogP contribution in [0.1, 0.15) is 43.4 Å². The second-order valence-electron chi connectivity index (χ2n) is 9.24. The summed E-state index contributed by atoms with van der Waals surface area (Å²) in [5, 5.41) is 6.27. The summed E-state index contributed by atoms with van der Waals surface area (Å²) in [7, 11) is 0. The highest BCUT2D eigenvalue weighted by molar-refractivity contribution is 6.09. The largest absolute Gasteiger partial charge is 0.489 e. The van der Waals surface area contributed by atoms with E-state index in [2.05, 4.69) is 15.6 Å². The monoisotopic (exact) mass is 472 g/mol. The van der Waals surface area contributed by atoms with Crippen molar-refractivity contribution in [1.29, 1.82) is 0 Å². The van der Waals surface area contributed by atoms with Crippen molar-refractivity contribution in [2.75, 3.05) is 11.9 Å². The third-order valence-electron chi connectivity index (χ3n) is 6.85. The number of para-hydroxylation sites is 1. The first-order chi connectivity index (χ1) is 16.9. The Morgan fingerprint density at radius 3 is 2.60 bits per heavy atom. The van der Waals surface area contributed by atoms with Gasteiger partial charge in [-0.1, -0.05) is 37.5 Å². The van der Waals surface area contributed by atoms with Crippen molar-refractivity contribution < 1.29 is 19.1 Å². The molecule has 0 bridgehead atoms. The zero-order valence-electron chi connectivity index (χ0n) is 19.7. The number of aromatic nitrogens is 1. The van der Waals surface area contributed by atoms with Crippen LogP contribution in [0.4, 0.5) is 10.5 Å².